The largest absolute Gasteiger partial charge is 0.452 e. The Bertz CT molecular complexity index is 1030. The van der Waals surface area contributed by atoms with Crippen LogP contribution >= 0.6 is 0 Å². The molecule has 0 aromatic heterocycles. The molecule has 0 bridgehead atoms. The molecule has 0 aliphatic carbocycles. The monoisotopic (exact) mass is 498 g/mol. The Morgan fingerprint density at radius 3 is 1.81 bits per heavy atom. The van der Waals surface area contributed by atoms with E-state index in [9.17, 15) is 13.6 Å². The highest BCUT2D eigenvalue weighted by molar-refractivity contribution is 5.76. The minimum Gasteiger partial charge on any atom is -0.452 e. The molecule has 0 spiro atoms. The Morgan fingerprint density at radius 2 is 1.33 bits per heavy atom. The summed E-state index contributed by atoms with van der Waals surface area (Å²) in [4.78, 5) is 12.4. The van der Waals surface area contributed by atoms with Crippen LogP contribution < -0.4 is 0 Å². The van der Waals surface area contributed by atoms with Gasteiger partial charge in [0, 0.05) is 0 Å². The van der Waals surface area contributed by atoms with Crippen LogP contribution in [-0.2, 0) is 38.8 Å². The number of hydrogen-bond acceptors (Lipinski definition) is 5. The van der Waals surface area contributed by atoms with Gasteiger partial charge in [0.1, 0.15) is 0 Å². The third-order valence-corrected chi connectivity index (χ3v) is 5.90. The summed E-state index contributed by atoms with van der Waals surface area (Å²) < 4.78 is 45.9. The molecular weight excluding hydrogens is 466 g/mol. The van der Waals surface area contributed by atoms with Crippen molar-refractivity contribution in [3.05, 3.63) is 108 Å². The second-order valence-electron chi connectivity index (χ2n) is 8.48. The highest BCUT2D eigenvalue weighted by Gasteiger charge is 2.58. The molecule has 0 saturated carbocycles. The van der Waals surface area contributed by atoms with Crippen molar-refractivity contribution < 1.29 is 32.9 Å². The van der Waals surface area contributed by atoms with Gasteiger partial charge in [-0.25, -0.2) is 13.6 Å². The van der Waals surface area contributed by atoms with E-state index in [0.717, 1.165) is 16.7 Å². The van der Waals surface area contributed by atoms with Gasteiger partial charge < -0.3 is 19.3 Å². The molecule has 0 amide bonds. The Labute approximate surface area is 210 Å². The fraction of sp³-hybridized carbons (Fsp3) is 0.345. The van der Waals surface area contributed by atoms with Gasteiger partial charge in [-0.15, -0.1) is 0 Å². The lowest BCUT2D eigenvalue weighted by atomic mass is 9.86. The molecule has 0 radical (unpaired) electrons. The molecule has 1 aliphatic heterocycles. The van der Waals surface area contributed by atoms with Crippen molar-refractivity contribution in [2.24, 2.45) is 5.92 Å². The molecule has 1 aliphatic rings. The summed E-state index contributed by atoms with van der Waals surface area (Å²) in [7, 11) is 0. The Balaban J connectivity index is 0.000000383. The number of alkyl halides is 2. The first-order valence-corrected chi connectivity index (χ1v) is 12.0. The third-order valence-electron chi connectivity index (χ3n) is 5.90. The Morgan fingerprint density at radius 1 is 0.833 bits per heavy atom. The standard InChI is InChI=1S/C22H24F2O4.C7H8O/c1-2-18-20(27-14-17-11-7-4-8-12-17)21(25)28-19(22(18,23)24)15-26-13-16-9-5-3-6-10-16;8-6-7-4-2-1-3-5-7/h3-12,18-20H,2,13-15H2,1H3;1-5,8H,6H2/t18-,19-,20-;/m1./s1. The quantitative estimate of drug-likeness (QED) is 0.392. The van der Waals surface area contributed by atoms with Crippen LogP contribution in [0.1, 0.15) is 30.0 Å². The molecule has 1 heterocycles. The van der Waals surface area contributed by atoms with E-state index in [1.165, 1.54) is 0 Å². The smallest absolute Gasteiger partial charge is 0.336 e. The third kappa shape index (κ3) is 7.68. The zero-order chi connectivity index (χ0) is 25.8. The predicted octanol–water partition coefficient (Wildman–Crippen LogP) is 5.55. The topological polar surface area (TPSA) is 65.0 Å². The highest BCUT2D eigenvalue weighted by atomic mass is 19.3. The van der Waals surface area contributed by atoms with Crippen molar-refractivity contribution in [3.8, 4) is 0 Å². The van der Waals surface area contributed by atoms with Gasteiger partial charge in [0.15, 0.2) is 12.2 Å². The van der Waals surface area contributed by atoms with E-state index in [0.29, 0.717) is 0 Å². The van der Waals surface area contributed by atoms with Crippen molar-refractivity contribution in [3.63, 3.8) is 0 Å². The SMILES string of the molecule is CC[C@@H]1[C@@H](OCc2ccccc2)C(=O)O[C@H](COCc2ccccc2)C1(F)F.OCc1ccccc1. The average molecular weight is 499 g/mol. The van der Waals surface area contributed by atoms with Gasteiger partial charge in [0.05, 0.1) is 32.3 Å². The number of carbonyl (C=O) groups is 1. The van der Waals surface area contributed by atoms with Crippen molar-refractivity contribution in [1.29, 1.82) is 0 Å². The lowest BCUT2D eigenvalue weighted by molar-refractivity contribution is -0.251. The van der Waals surface area contributed by atoms with E-state index in [1.807, 2.05) is 91.0 Å². The molecule has 0 unspecified atom stereocenters. The van der Waals surface area contributed by atoms with Gasteiger partial charge in [-0.2, -0.15) is 0 Å². The molecule has 1 fully saturated rings. The fourth-order valence-corrected chi connectivity index (χ4v) is 3.91. The first kappa shape index (κ1) is 27.5. The number of aliphatic hydroxyl groups excluding tert-OH is 1. The number of esters is 1. The number of rotatable bonds is 9. The van der Waals surface area contributed by atoms with Gasteiger partial charge in [-0.1, -0.05) is 97.9 Å². The lowest BCUT2D eigenvalue weighted by Crippen LogP contribution is -2.58. The van der Waals surface area contributed by atoms with Crippen molar-refractivity contribution >= 4 is 5.97 Å². The molecule has 3 aromatic carbocycles. The lowest BCUT2D eigenvalue weighted by Gasteiger charge is -2.40. The van der Waals surface area contributed by atoms with Crippen LogP contribution in [0.4, 0.5) is 8.78 Å². The van der Waals surface area contributed by atoms with E-state index in [2.05, 4.69) is 0 Å². The zero-order valence-corrected chi connectivity index (χ0v) is 20.3. The zero-order valence-electron chi connectivity index (χ0n) is 20.3. The number of hydrogen-bond donors (Lipinski definition) is 1. The van der Waals surface area contributed by atoms with Crippen LogP contribution in [0.15, 0.2) is 91.0 Å². The fourth-order valence-electron chi connectivity index (χ4n) is 3.91. The van der Waals surface area contributed by atoms with Gasteiger partial charge in [0.2, 0.25) is 0 Å². The molecular formula is C29H32F2O5. The minimum atomic E-state index is -3.24. The molecule has 3 atom stereocenters. The van der Waals surface area contributed by atoms with Gasteiger partial charge >= 0.3 is 5.97 Å². The maximum absolute atomic E-state index is 15.0. The molecule has 7 heteroatoms. The predicted molar refractivity (Wildman–Crippen MR) is 132 cm³/mol. The Hall–Kier alpha value is -3.13. The van der Waals surface area contributed by atoms with Crippen molar-refractivity contribution in [1.82, 2.24) is 0 Å². The Kier molecular flexibility index (Phi) is 10.5. The van der Waals surface area contributed by atoms with Crippen LogP contribution in [0.5, 0.6) is 0 Å². The molecule has 4 rings (SSSR count). The number of aliphatic hydroxyl groups is 1. The molecule has 1 N–H and O–H groups in total. The molecule has 36 heavy (non-hydrogen) atoms. The summed E-state index contributed by atoms with van der Waals surface area (Å²) >= 11 is 0. The molecule has 5 nitrogen and oxygen atoms in total. The van der Waals surface area contributed by atoms with Crippen molar-refractivity contribution in [2.75, 3.05) is 6.61 Å². The number of halogens is 2. The first-order chi connectivity index (χ1) is 17.5. The van der Waals surface area contributed by atoms with Crippen LogP contribution in [0.2, 0.25) is 0 Å². The van der Waals surface area contributed by atoms with Crippen LogP contribution in [-0.4, -0.2) is 35.8 Å². The van der Waals surface area contributed by atoms with Gasteiger partial charge in [-0.05, 0) is 23.1 Å². The van der Waals surface area contributed by atoms with Gasteiger partial charge in [0.25, 0.3) is 5.92 Å². The van der Waals surface area contributed by atoms with E-state index < -0.39 is 30.0 Å². The van der Waals surface area contributed by atoms with Crippen molar-refractivity contribution in [2.45, 2.75) is 51.3 Å². The van der Waals surface area contributed by atoms with Crippen LogP contribution in [0.25, 0.3) is 0 Å². The molecule has 1 saturated heterocycles. The maximum Gasteiger partial charge on any atom is 0.336 e. The summed E-state index contributed by atoms with van der Waals surface area (Å²) in [6.45, 7) is 1.65. The van der Waals surface area contributed by atoms with E-state index >= 15 is 0 Å². The van der Waals surface area contributed by atoms with E-state index in [4.69, 9.17) is 19.3 Å². The number of benzene rings is 3. The average Bonchev–Trinajstić information content (AvgIpc) is 2.91. The summed E-state index contributed by atoms with van der Waals surface area (Å²) in [5.74, 6) is -5.26. The maximum atomic E-state index is 15.0. The minimum absolute atomic E-state index is 0.0718. The first-order valence-electron chi connectivity index (χ1n) is 12.0. The summed E-state index contributed by atoms with van der Waals surface area (Å²) in [6, 6.07) is 27.9. The summed E-state index contributed by atoms with van der Waals surface area (Å²) in [5.41, 5.74) is 2.64. The van der Waals surface area contributed by atoms with Crippen LogP contribution in [0.3, 0.4) is 0 Å². The second kappa shape index (κ2) is 13.8. The normalized spacial score (nSPS) is 20.7. The second-order valence-corrected chi connectivity index (χ2v) is 8.48. The number of cyclic esters (lactones) is 1. The van der Waals surface area contributed by atoms with E-state index in [1.54, 1.807) is 6.92 Å². The number of carbonyl (C=O) groups excluding carboxylic acids is 1. The highest BCUT2D eigenvalue weighted by Crippen LogP contribution is 2.40. The van der Waals surface area contributed by atoms with Gasteiger partial charge in [-0.3, -0.25) is 0 Å². The summed E-state index contributed by atoms with van der Waals surface area (Å²) in [6.07, 6.45) is -2.83. The number of ether oxygens (including phenoxy) is 3. The summed E-state index contributed by atoms with van der Waals surface area (Å²) in [5, 5.41) is 8.54. The van der Waals surface area contributed by atoms with Crippen LogP contribution in [0, 0.1) is 5.92 Å². The van der Waals surface area contributed by atoms with E-state index in [-0.39, 0.29) is 32.8 Å². The molecule has 3 aromatic rings. The molecule has 192 valence electrons.